The molecule has 0 unspecified atom stereocenters. The molecule has 0 amide bonds. The van der Waals surface area contributed by atoms with Crippen LogP contribution in [0.1, 0.15) is 54.4 Å². The molecule has 0 radical (unpaired) electrons. The van der Waals surface area contributed by atoms with E-state index in [1.807, 2.05) is 13.8 Å². The summed E-state index contributed by atoms with van der Waals surface area (Å²) in [5.74, 6) is 2.86. The Morgan fingerprint density at radius 2 is 1.16 bits per heavy atom. The lowest BCUT2D eigenvalue weighted by Gasteiger charge is -2.12. The van der Waals surface area contributed by atoms with Gasteiger partial charge in [0, 0.05) is 12.8 Å². The van der Waals surface area contributed by atoms with Crippen molar-refractivity contribution in [3.8, 4) is 0 Å². The van der Waals surface area contributed by atoms with Crippen LogP contribution in [0.3, 0.4) is 0 Å². The lowest BCUT2D eigenvalue weighted by atomic mass is 10.1. The van der Waals surface area contributed by atoms with Crippen molar-refractivity contribution in [1.29, 1.82) is 0 Å². The van der Waals surface area contributed by atoms with E-state index in [-0.39, 0.29) is 0 Å². The van der Waals surface area contributed by atoms with Crippen LogP contribution in [0.15, 0.2) is 24.0 Å². The van der Waals surface area contributed by atoms with E-state index in [4.69, 9.17) is 14.2 Å². The van der Waals surface area contributed by atoms with Gasteiger partial charge in [0.15, 0.2) is 0 Å². The number of rotatable bonds is 10. The first-order chi connectivity index (χ1) is 8.99. The fourth-order valence-electron chi connectivity index (χ4n) is 1.64. The first-order valence-electron chi connectivity index (χ1n) is 7.28. The van der Waals surface area contributed by atoms with Crippen LogP contribution in [-0.4, -0.2) is 13.2 Å². The molecule has 0 saturated carbocycles. The minimum atomic E-state index is 0.549. The molecule has 0 aromatic rings. The van der Waals surface area contributed by atoms with E-state index in [0.29, 0.717) is 25.0 Å². The van der Waals surface area contributed by atoms with Gasteiger partial charge in [-0.05, 0) is 25.7 Å². The van der Waals surface area contributed by atoms with Crippen molar-refractivity contribution in [2.45, 2.75) is 54.4 Å². The number of allylic oxidation sites excluding steroid dienone is 2. The molecule has 3 nitrogen and oxygen atoms in total. The van der Waals surface area contributed by atoms with Crippen LogP contribution in [0.2, 0.25) is 0 Å². The topological polar surface area (TPSA) is 27.7 Å². The number of hydrogen-bond donors (Lipinski definition) is 0. The average Bonchev–Trinajstić information content (AvgIpc) is 2.27. The smallest absolute Gasteiger partial charge is 0.131 e. The Labute approximate surface area is 118 Å². The second-order valence-corrected chi connectivity index (χ2v) is 5.37. The van der Waals surface area contributed by atoms with Gasteiger partial charge in [0.2, 0.25) is 0 Å². The highest BCUT2D eigenvalue weighted by Gasteiger charge is 2.04. The molecule has 0 bridgehead atoms. The van der Waals surface area contributed by atoms with Crippen molar-refractivity contribution in [2.24, 2.45) is 11.8 Å². The molecule has 0 rings (SSSR count). The van der Waals surface area contributed by atoms with E-state index in [0.717, 1.165) is 24.4 Å². The molecule has 0 N–H and O–H groups in total. The summed E-state index contributed by atoms with van der Waals surface area (Å²) >= 11 is 0. The van der Waals surface area contributed by atoms with Crippen molar-refractivity contribution >= 4 is 0 Å². The van der Waals surface area contributed by atoms with E-state index in [1.54, 1.807) is 12.5 Å². The van der Waals surface area contributed by atoms with Crippen molar-refractivity contribution in [3.05, 3.63) is 24.0 Å². The summed E-state index contributed by atoms with van der Waals surface area (Å²) in [6, 6.07) is 0. The van der Waals surface area contributed by atoms with Gasteiger partial charge in [0.05, 0.1) is 13.2 Å². The molecule has 0 aromatic carbocycles. The van der Waals surface area contributed by atoms with Crippen LogP contribution >= 0.6 is 0 Å². The molecule has 0 fully saturated rings. The number of hydrogen-bond acceptors (Lipinski definition) is 3. The zero-order chi connectivity index (χ0) is 14.7. The lowest BCUT2D eigenvalue weighted by Crippen LogP contribution is -1.99. The molecular weight excluding hydrogens is 240 g/mol. The fourth-order valence-corrected chi connectivity index (χ4v) is 1.64. The van der Waals surface area contributed by atoms with Gasteiger partial charge in [0.1, 0.15) is 24.0 Å². The van der Waals surface area contributed by atoms with Gasteiger partial charge >= 0.3 is 0 Å². The van der Waals surface area contributed by atoms with Gasteiger partial charge in [-0.3, -0.25) is 0 Å². The summed E-state index contributed by atoms with van der Waals surface area (Å²) in [5.41, 5.74) is 0. The second-order valence-electron chi connectivity index (χ2n) is 5.37. The molecule has 0 aromatic heterocycles. The van der Waals surface area contributed by atoms with Gasteiger partial charge in [0.25, 0.3) is 0 Å². The minimum absolute atomic E-state index is 0.549. The Balaban J connectivity index is 4.49. The lowest BCUT2D eigenvalue weighted by molar-refractivity contribution is 0.179. The standard InChI is InChI=1S/C16H30O3/c1-7-18-15(9-13(3)4)11-17-12-16(19-8-2)10-14(5)6/h11-14H,7-10H2,1-6H3. The Morgan fingerprint density at radius 3 is 1.42 bits per heavy atom. The molecule has 3 heteroatoms. The van der Waals surface area contributed by atoms with Gasteiger partial charge in [-0.2, -0.15) is 0 Å². The van der Waals surface area contributed by atoms with E-state index in [2.05, 4.69) is 27.7 Å². The summed E-state index contributed by atoms with van der Waals surface area (Å²) in [4.78, 5) is 0. The van der Waals surface area contributed by atoms with Crippen LogP contribution < -0.4 is 0 Å². The van der Waals surface area contributed by atoms with E-state index in [9.17, 15) is 0 Å². The minimum Gasteiger partial charge on any atom is -0.495 e. The van der Waals surface area contributed by atoms with Gasteiger partial charge in [-0.25, -0.2) is 0 Å². The Bertz CT molecular complexity index is 250. The molecule has 0 aliphatic rings. The van der Waals surface area contributed by atoms with Crippen LogP contribution in [0, 0.1) is 11.8 Å². The molecule has 0 atom stereocenters. The van der Waals surface area contributed by atoms with E-state index < -0.39 is 0 Å². The third-order valence-corrected chi connectivity index (χ3v) is 2.28. The van der Waals surface area contributed by atoms with Gasteiger partial charge in [-0.1, -0.05) is 27.7 Å². The van der Waals surface area contributed by atoms with Crippen molar-refractivity contribution in [3.63, 3.8) is 0 Å². The maximum absolute atomic E-state index is 5.54. The first-order valence-corrected chi connectivity index (χ1v) is 7.28. The summed E-state index contributed by atoms with van der Waals surface area (Å²) < 4.78 is 16.6. The molecule has 0 saturated heterocycles. The SMILES string of the molecule is CCOC(=COC=C(CC(C)C)OCC)CC(C)C. The van der Waals surface area contributed by atoms with Crippen LogP contribution in [0.5, 0.6) is 0 Å². The molecule has 0 aliphatic heterocycles. The third-order valence-electron chi connectivity index (χ3n) is 2.28. The summed E-state index contributed by atoms with van der Waals surface area (Å²) in [6.45, 7) is 13.9. The molecule has 0 spiro atoms. The summed E-state index contributed by atoms with van der Waals surface area (Å²) in [5, 5.41) is 0. The van der Waals surface area contributed by atoms with E-state index >= 15 is 0 Å². The Morgan fingerprint density at radius 1 is 0.789 bits per heavy atom. The van der Waals surface area contributed by atoms with Crippen molar-refractivity contribution in [2.75, 3.05) is 13.2 Å². The molecule has 19 heavy (non-hydrogen) atoms. The van der Waals surface area contributed by atoms with Crippen LogP contribution in [-0.2, 0) is 14.2 Å². The largest absolute Gasteiger partial charge is 0.495 e. The highest BCUT2D eigenvalue weighted by Crippen LogP contribution is 2.15. The summed E-state index contributed by atoms with van der Waals surface area (Å²) in [7, 11) is 0. The zero-order valence-corrected chi connectivity index (χ0v) is 13.4. The molecule has 0 heterocycles. The quantitative estimate of drug-likeness (QED) is 0.531. The molecule has 112 valence electrons. The predicted molar refractivity (Wildman–Crippen MR) is 79.4 cm³/mol. The highest BCUT2D eigenvalue weighted by molar-refractivity contribution is 4.94. The fraction of sp³-hybridized carbons (Fsp3) is 0.750. The van der Waals surface area contributed by atoms with Crippen LogP contribution in [0.4, 0.5) is 0 Å². The third kappa shape index (κ3) is 10.5. The van der Waals surface area contributed by atoms with Gasteiger partial charge < -0.3 is 14.2 Å². The average molecular weight is 270 g/mol. The Hall–Kier alpha value is -1.12. The van der Waals surface area contributed by atoms with Gasteiger partial charge in [-0.15, -0.1) is 0 Å². The first kappa shape index (κ1) is 17.9. The number of ether oxygens (including phenoxy) is 3. The maximum atomic E-state index is 5.54. The van der Waals surface area contributed by atoms with Crippen molar-refractivity contribution in [1.82, 2.24) is 0 Å². The Kier molecular flexibility index (Phi) is 10.1. The maximum Gasteiger partial charge on any atom is 0.131 e. The van der Waals surface area contributed by atoms with Crippen molar-refractivity contribution < 1.29 is 14.2 Å². The van der Waals surface area contributed by atoms with Crippen LogP contribution in [0.25, 0.3) is 0 Å². The van der Waals surface area contributed by atoms with E-state index in [1.165, 1.54) is 0 Å². The second kappa shape index (κ2) is 10.8. The molecular formula is C16H30O3. The summed E-state index contributed by atoms with van der Waals surface area (Å²) in [6.07, 6.45) is 5.14. The zero-order valence-electron chi connectivity index (χ0n) is 13.4. The predicted octanol–water partition coefficient (Wildman–Crippen LogP) is 4.85. The normalized spacial score (nSPS) is 13.1. The monoisotopic (exact) mass is 270 g/mol. The molecule has 0 aliphatic carbocycles. The highest BCUT2D eigenvalue weighted by atomic mass is 16.5.